The lowest BCUT2D eigenvalue weighted by atomic mass is 9.94. The molecule has 2 N–H and O–H groups in total. The third kappa shape index (κ3) is 3.70. The number of carbonyl (C=O) groups excluding carboxylic acids is 2. The Kier molecular flexibility index (Phi) is 5.53. The molecule has 0 radical (unpaired) electrons. The number of amides is 2. The summed E-state index contributed by atoms with van der Waals surface area (Å²) in [6, 6.07) is 3.92. The maximum Gasteiger partial charge on any atom is 0.326 e. The molecule has 3 rings (SSSR count). The fraction of sp³-hybridized carbons (Fsp3) is 0.526. The molecule has 146 valence electrons. The highest BCUT2D eigenvalue weighted by atomic mass is 16.5. The van der Waals surface area contributed by atoms with E-state index in [9.17, 15) is 19.5 Å². The SMILES string of the molecule is COc1ccc(C(=O)NCC(=O)N2CC3CCCC3C2C(=O)O)cc1OC. The molecule has 2 aliphatic rings. The van der Waals surface area contributed by atoms with Gasteiger partial charge in [-0.1, -0.05) is 6.42 Å². The second-order valence-electron chi connectivity index (χ2n) is 6.94. The molecule has 0 aromatic heterocycles. The Morgan fingerprint density at radius 3 is 2.59 bits per heavy atom. The first-order valence-corrected chi connectivity index (χ1v) is 8.98. The van der Waals surface area contributed by atoms with Crippen LogP contribution in [-0.4, -0.2) is 61.1 Å². The minimum atomic E-state index is -0.969. The van der Waals surface area contributed by atoms with E-state index in [4.69, 9.17) is 9.47 Å². The third-order valence-corrected chi connectivity index (χ3v) is 5.51. The van der Waals surface area contributed by atoms with Crippen LogP contribution in [0.1, 0.15) is 29.6 Å². The summed E-state index contributed by atoms with van der Waals surface area (Å²) in [6.45, 7) is 0.211. The smallest absolute Gasteiger partial charge is 0.326 e. The zero-order valence-electron chi connectivity index (χ0n) is 15.4. The van der Waals surface area contributed by atoms with Crippen molar-refractivity contribution in [3.05, 3.63) is 23.8 Å². The molecule has 1 saturated heterocycles. The van der Waals surface area contributed by atoms with Gasteiger partial charge in [0.05, 0.1) is 20.8 Å². The molecule has 27 heavy (non-hydrogen) atoms. The number of hydrogen-bond donors (Lipinski definition) is 2. The molecular formula is C19H24N2O6. The third-order valence-electron chi connectivity index (χ3n) is 5.51. The first-order valence-electron chi connectivity index (χ1n) is 8.98. The number of carbonyl (C=O) groups is 3. The molecule has 1 aliphatic carbocycles. The predicted molar refractivity (Wildman–Crippen MR) is 95.8 cm³/mol. The van der Waals surface area contributed by atoms with E-state index in [1.165, 1.54) is 25.2 Å². The van der Waals surface area contributed by atoms with E-state index in [0.717, 1.165) is 19.3 Å². The van der Waals surface area contributed by atoms with E-state index in [1.807, 2.05) is 0 Å². The summed E-state index contributed by atoms with van der Waals surface area (Å²) in [5, 5.41) is 12.1. The maximum atomic E-state index is 12.6. The number of benzene rings is 1. The van der Waals surface area contributed by atoms with Gasteiger partial charge in [0, 0.05) is 12.1 Å². The van der Waals surface area contributed by atoms with Crippen molar-refractivity contribution in [3.63, 3.8) is 0 Å². The zero-order chi connectivity index (χ0) is 19.6. The highest BCUT2D eigenvalue weighted by molar-refractivity contribution is 5.97. The molecule has 3 unspecified atom stereocenters. The summed E-state index contributed by atoms with van der Waals surface area (Å²) in [6.07, 6.45) is 2.80. The lowest BCUT2D eigenvalue weighted by Gasteiger charge is -2.24. The summed E-state index contributed by atoms with van der Waals surface area (Å²) in [4.78, 5) is 38.0. The highest BCUT2D eigenvalue weighted by Crippen LogP contribution is 2.42. The minimum Gasteiger partial charge on any atom is -0.493 e. The predicted octanol–water partition coefficient (Wildman–Crippen LogP) is 1.15. The largest absolute Gasteiger partial charge is 0.493 e. The zero-order valence-corrected chi connectivity index (χ0v) is 15.4. The standard InChI is InChI=1S/C19H24N2O6/c1-26-14-7-6-11(8-15(14)27-2)18(23)20-9-16(22)21-10-12-4-3-5-13(12)17(21)19(24)25/h6-8,12-13,17H,3-5,9-10H2,1-2H3,(H,20,23)(H,24,25). The van der Waals surface area contributed by atoms with E-state index in [0.29, 0.717) is 23.6 Å². The first kappa shape index (κ1) is 19.0. The lowest BCUT2D eigenvalue weighted by Crippen LogP contribution is -2.47. The summed E-state index contributed by atoms with van der Waals surface area (Å²) in [5.41, 5.74) is 0.327. The molecule has 3 atom stereocenters. The molecule has 8 heteroatoms. The van der Waals surface area contributed by atoms with Crippen LogP contribution in [0.4, 0.5) is 0 Å². The van der Waals surface area contributed by atoms with Gasteiger partial charge in [0.1, 0.15) is 6.04 Å². The van der Waals surface area contributed by atoms with Crippen LogP contribution in [-0.2, 0) is 9.59 Å². The van der Waals surface area contributed by atoms with E-state index in [-0.39, 0.29) is 24.3 Å². The summed E-state index contributed by atoms with van der Waals surface area (Å²) >= 11 is 0. The Morgan fingerprint density at radius 1 is 1.19 bits per heavy atom. The van der Waals surface area contributed by atoms with Crippen LogP contribution in [0.2, 0.25) is 0 Å². The Morgan fingerprint density at radius 2 is 1.93 bits per heavy atom. The number of carboxylic acid groups (broad SMARTS) is 1. The van der Waals surface area contributed by atoms with Gasteiger partial charge in [-0.25, -0.2) is 4.79 Å². The van der Waals surface area contributed by atoms with Gasteiger partial charge in [-0.2, -0.15) is 0 Å². The van der Waals surface area contributed by atoms with Gasteiger partial charge in [0.25, 0.3) is 5.91 Å². The summed E-state index contributed by atoms with van der Waals surface area (Å²) in [5.74, 6) is -0.595. The van der Waals surface area contributed by atoms with Gasteiger partial charge in [-0.05, 0) is 42.9 Å². The number of carboxylic acids is 1. The molecule has 8 nitrogen and oxygen atoms in total. The van der Waals surface area contributed by atoms with E-state index < -0.39 is 17.9 Å². The fourth-order valence-electron chi connectivity index (χ4n) is 4.22. The summed E-state index contributed by atoms with van der Waals surface area (Å²) < 4.78 is 10.3. The molecule has 0 spiro atoms. The van der Waals surface area contributed by atoms with Gasteiger partial charge in [0.15, 0.2) is 11.5 Å². The Bertz CT molecular complexity index is 750. The maximum absolute atomic E-state index is 12.6. The number of nitrogens with one attached hydrogen (secondary N) is 1. The molecule has 1 heterocycles. The molecule has 1 aromatic rings. The number of rotatable bonds is 6. The van der Waals surface area contributed by atoms with Crippen molar-refractivity contribution in [1.82, 2.24) is 10.2 Å². The van der Waals surface area contributed by atoms with E-state index in [1.54, 1.807) is 12.1 Å². The van der Waals surface area contributed by atoms with Gasteiger partial charge in [-0.3, -0.25) is 9.59 Å². The Labute approximate surface area is 157 Å². The molecule has 1 aliphatic heterocycles. The van der Waals surface area contributed by atoms with Crippen LogP contribution in [0.5, 0.6) is 11.5 Å². The van der Waals surface area contributed by atoms with Crippen molar-refractivity contribution in [2.24, 2.45) is 11.8 Å². The number of fused-ring (bicyclic) bond motifs is 1. The molecular weight excluding hydrogens is 352 g/mol. The van der Waals surface area contributed by atoms with Crippen molar-refractivity contribution in [1.29, 1.82) is 0 Å². The quantitative estimate of drug-likeness (QED) is 0.772. The summed E-state index contributed by atoms with van der Waals surface area (Å²) in [7, 11) is 2.97. The van der Waals surface area contributed by atoms with Gasteiger partial charge >= 0.3 is 5.97 Å². The number of hydrogen-bond acceptors (Lipinski definition) is 5. The van der Waals surface area contributed by atoms with Crippen LogP contribution in [0, 0.1) is 11.8 Å². The molecule has 0 bridgehead atoms. The van der Waals surface area contributed by atoms with Crippen LogP contribution < -0.4 is 14.8 Å². The van der Waals surface area contributed by atoms with Gasteiger partial charge in [0.2, 0.25) is 5.91 Å². The highest BCUT2D eigenvalue weighted by Gasteiger charge is 2.49. The number of likely N-dealkylation sites (tertiary alicyclic amines) is 1. The number of aliphatic carboxylic acids is 1. The van der Waals surface area contributed by atoms with E-state index in [2.05, 4.69) is 5.32 Å². The topological polar surface area (TPSA) is 105 Å². The monoisotopic (exact) mass is 376 g/mol. The minimum absolute atomic E-state index is 0.0213. The first-order chi connectivity index (χ1) is 13.0. The van der Waals surface area contributed by atoms with Crippen molar-refractivity contribution in [3.8, 4) is 11.5 Å². The average Bonchev–Trinajstić information content (AvgIpc) is 3.25. The van der Waals surface area contributed by atoms with Crippen LogP contribution >= 0.6 is 0 Å². The van der Waals surface area contributed by atoms with Crippen molar-refractivity contribution < 1.29 is 29.0 Å². The van der Waals surface area contributed by atoms with Crippen molar-refractivity contribution in [2.75, 3.05) is 27.3 Å². The Hall–Kier alpha value is -2.77. The molecule has 2 amide bonds. The number of ether oxygens (including phenoxy) is 2. The van der Waals surface area contributed by atoms with Crippen LogP contribution in [0.25, 0.3) is 0 Å². The van der Waals surface area contributed by atoms with Crippen molar-refractivity contribution >= 4 is 17.8 Å². The second kappa shape index (κ2) is 7.85. The van der Waals surface area contributed by atoms with Crippen molar-refractivity contribution in [2.45, 2.75) is 25.3 Å². The Balaban J connectivity index is 1.63. The second-order valence-corrected chi connectivity index (χ2v) is 6.94. The number of nitrogens with zero attached hydrogens (tertiary/aromatic N) is 1. The molecule has 1 saturated carbocycles. The fourth-order valence-corrected chi connectivity index (χ4v) is 4.22. The number of methoxy groups -OCH3 is 2. The van der Waals surface area contributed by atoms with Gasteiger partial charge in [-0.15, -0.1) is 0 Å². The van der Waals surface area contributed by atoms with Crippen LogP contribution in [0.15, 0.2) is 18.2 Å². The van der Waals surface area contributed by atoms with E-state index >= 15 is 0 Å². The van der Waals surface area contributed by atoms with Gasteiger partial charge < -0.3 is 24.8 Å². The molecule has 2 fully saturated rings. The average molecular weight is 376 g/mol. The lowest BCUT2D eigenvalue weighted by molar-refractivity contribution is -0.149. The molecule has 1 aromatic carbocycles. The van der Waals surface area contributed by atoms with Crippen LogP contribution in [0.3, 0.4) is 0 Å². The normalized spacial score (nSPS) is 23.6.